The van der Waals surface area contributed by atoms with E-state index in [4.69, 9.17) is 0 Å². The van der Waals surface area contributed by atoms with Gasteiger partial charge in [0.05, 0.1) is 0 Å². The van der Waals surface area contributed by atoms with E-state index in [1.807, 2.05) is 24.4 Å². The van der Waals surface area contributed by atoms with Crippen LogP contribution in [-0.4, -0.2) is 33.3 Å². The van der Waals surface area contributed by atoms with Crippen LogP contribution in [0.2, 0.25) is 0 Å². The maximum absolute atomic E-state index is 12.4. The Hall–Kier alpha value is -4.00. The molecule has 4 heterocycles. The van der Waals surface area contributed by atoms with Crippen LogP contribution in [0.1, 0.15) is 40.1 Å². The summed E-state index contributed by atoms with van der Waals surface area (Å²) in [6, 6.07) is 13.0. The maximum Gasteiger partial charge on any atom is 0.256 e. The van der Waals surface area contributed by atoms with Crippen molar-refractivity contribution in [2.75, 3.05) is 11.9 Å². The quantitative estimate of drug-likeness (QED) is 0.476. The van der Waals surface area contributed by atoms with Gasteiger partial charge in [-0.3, -0.25) is 14.6 Å². The summed E-state index contributed by atoms with van der Waals surface area (Å²) in [7, 11) is 0. The number of nitrogens with zero attached hydrogens (tertiary/aromatic N) is 2. The first-order valence-electron chi connectivity index (χ1n) is 10.0. The first-order chi connectivity index (χ1) is 14.9. The molecule has 2 amide bonds. The zero-order chi connectivity index (χ0) is 21.6. The number of hydrogen-bond acceptors (Lipinski definition) is 4. The van der Waals surface area contributed by atoms with E-state index < -0.39 is 0 Å². The summed E-state index contributed by atoms with van der Waals surface area (Å²) < 4.78 is 0. The van der Waals surface area contributed by atoms with E-state index in [0.717, 1.165) is 27.6 Å². The Morgan fingerprint density at radius 3 is 2.68 bits per heavy atom. The lowest BCUT2D eigenvalue weighted by molar-refractivity contribution is 0.0929. The molecule has 3 aromatic heterocycles. The van der Waals surface area contributed by atoms with Gasteiger partial charge in [0.25, 0.3) is 11.8 Å². The van der Waals surface area contributed by atoms with Crippen LogP contribution in [-0.2, 0) is 5.41 Å². The van der Waals surface area contributed by atoms with Crippen LogP contribution in [0.4, 0.5) is 5.82 Å². The van der Waals surface area contributed by atoms with Gasteiger partial charge in [0.1, 0.15) is 11.5 Å². The van der Waals surface area contributed by atoms with Gasteiger partial charge in [0.15, 0.2) is 0 Å². The largest absolute Gasteiger partial charge is 0.351 e. The SMILES string of the molecule is CC1(C)CNC(=O)c2ccc(-c3c[nH]c4nc(NC(=O)c5ccncc5)ccc34)cc21. The molecule has 0 bridgehead atoms. The van der Waals surface area contributed by atoms with Crippen LogP contribution >= 0.6 is 0 Å². The number of aromatic nitrogens is 3. The molecule has 31 heavy (non-hydrogen) atoms. The number of anilines is 1. The van der Waals surface area contributed by atoms with Gasteiger partial charge in [-0.2, -0.15) is 0 Å². The van der Waals surface area contributed by atoms with Crippen LogP contribution in [0.25, 0.3) is 22.2 Å². The molecule has 0 spiro atoms. The Balaban J connectivity index is 1.49. The number of carbonyl (C=O) groups is 2. The van der Waals surface area contributed by atoms with Crippen LogP contribution < -0.4 is 10.6 Å². The number of benzene rings is 1. The molecule has 1 aliphatic heterocycles. The van der Waals surface area contributed by atoms with Crippen molar-refractivity contribution in [1.29, 1.82) is 0 Å². The summed E-state index contributed by atoms with van der Waals surface area (Å²) in [5, 5.41) is 6.71. The van der Waals surface area contributed by atoms with E-state index in [0.29, 0.717) is 23.6 Å². The van der Waals surface area contributed by atoms with Crippen LogP contribution in [0.3, 0.4) is 0 Å². The van der Waals surface area contributed by atoms with Gasteiger partial charge in [-0.1, -0.05) is 19.9 Å². The second kappa shape index (κ2) is 7.05. The second-order valence-corrected chi connectivity index (χ2v) is 8.31. The summed E-state index contributed by atoms with van der Waals surface area (Å²) in [6.07, 6.45) is 5.06. The molecule has 0 atom stereocenters. The highest BCUT2D eigenvalue weighted by atomic mass is 16.2. The predicted octanol–water partition coefficient (Wildman–Crippen LogP) is 3.90. The van der Waals surface area contributed by atoms with Gasteiger partial charge in [-0.15, -0.1) is 0 Å². The lowest BCUT2D eigenvalue weighted by Crippen LogP contribution is -2.43. The zero-order valence-electron chi connectivity index (χ0n) is 17.2. The highest BCUT2D eigenvalue weighted by Gasteiger charge is 2.31. The fourth-order valence-electron chi connectivity index (χ4n) is 3.97. The predicted molar refractivity (Wildman–Crippen MR) is 119 cm³/mol. The summed E-state index contributed by atoms with van der Waals surface area (Å²) >= 11 is 0. The second-order valence-electron chi connectivity index (χ2n) is 8.31. The molecule has 0 saturated carbocycles. The van der Waals surface area contributed by atoms with Crippen molar-refractivity contribution >= 4 is 28.7 Å². The van der Waals surface area contributed by atoms with Crippen LogP contribution in [0.5, 0.6) is 0 Å². The standard InChI is InChI=1S/C24H21N5O2/c1-24(2)13-27-23(31)17-4-3-15(11-19(17)24)18-12-26-21-16(18)5-6-20(28-21)29-22(30)14-7-9-25-10-8-14/h3-12H,13H2,1-2H3,(H,27,31)(H2,26,28,29,30). The molecule has 7 nitrogen and oxygen atoms in total. The summed E-state index contributed by atoms with van der Waals surface area (Å²) in [5.41, 5.74) is 4.83. The number of nitrogens with one attached hydrogen (secondary N) is 3. The summed E-state index contributed by atoms with van der Waals surface area (Å²) in [4.78, 5) is 36.3. The molecule has 0 aliphatic carbocycles. The van der Waals surface area contributed by atoms with Crippen molar-refractivity contribution in [3.63, 3.8) is 0 Å². The maximum atomic E-state index is 12.4. The molecule has 7 heteroatoms. The Morgan fingerprint density at radius 2 is 1.87 bits per heavy atom. The minimum atomic E-state index is -0.240. The molecular weight excluding hydrogens is 390 g/mol. The lowest BCUT2D eigenvalue weighted by atomic mass is 9.78. The Morgan fingerprint density at radius 1 is 1.06 bits per heavy atom. The van der Waals surface area contributed by atoms with E-state index in [-0.39, 0.29) is 17.2 Å². The monoisotopic (exact) mass is 411 g/mol. The van der Waals surface area contributed by atoms with E-state index >= 15 is 0 Å². The Kier molecular flexibility index (Phi) is 4.32. The number of hydrogen-bond donors (Lipinski definition) is 3. The number of carbonyl (C=O) groups excluding carboxylic acids is 2. The topological polar surface area (TPSA) is 99.8 Å². The molecule has 3 N–H and O–H groups in total. The first kappa shape index (κ1) is 19.0. The van der Waals surface area contributed by atoms with Gasteiger partial charge < -0.3 is 15.6 Å². The van der Waals surface area contributed by atoms with Crippen molar-refractivity contribution in [2.24, 2.45) is 0 Å². The van der Waals surface area contributed by atoms with Crippen molar-refractivity contribution < 1.29 is 9.59 Å². The van der Waals surface area contributed by atoms with Crippen molar-refractivity contribution in [3.8, 4) is 11.1 Å². The van der Waals surface area contributed by atoms with E-state index in [2.05, 4.69) is 45.5 Å². The van der Waals surface area contributed by atoms with Gasteiger partial charge in [-0.05, 0) is 47.5 Å². The van der Waals surface area contributed by atoms with E-state index in [9.17, 15) is 9.59 Å². The molecule has 0 saturated heterocycles. The third-order valence-corrected chi connectivity index (χ3v) is 5.72. The molecule has 0 unspecified atom stereocenters. The molecular formula is C24H21N5O2. The molecule has 4 aromatic rings. The minimum Gasteiger partial charge on any atom is -0.351 e. The Labute approximate surface area is 178 Å². The highest BCUT2D eigenvalue weighted by molar-refractivity contribution is 6.04. The summed E-state index contributed by atoms with van der Waals surface area (Å²) in [6.45, 7) is 4.87. The molecule has 0 radical (unpaired) electrons. The molecule has 5 rings (SSSR count). The lowest BCUT2D eigenvalue weighted by Gasteiger charge is -2.32. The van der Waals surface area contributed by atoms with Crippen molar-refractivity contribution in [3.05, 3.63) is 77.7 Å². The summed E-state index contributed by atoms with van der Waals surface area (Å²) in [5.74, 6) is 0.193. The van der Waals surface area contributed by atoms with Gasteiger partial charge in [0.2, 0.25) is 0 Å². The molecule has 0 fully saturated rings. The highest BCUT2D eigenvalue weighted by Crippen LogP contribution is 2.35. The average Bonchev–Trinajstić information content (AvgIpc) is 3.20. The number of fused-ring (bicyclic) bond motifs is 2. The number of pyridine rings is 2. The number of H-pyrrole nitrogens is 1. The molecule has 1 aromatic carbocycles. The smallest absolute Gasteiger partial charge is 0.256 e. The van der Waals surface area contributed by atoms with E-state index in [1.165, 1.54) is 0 Å². The number of rotatable bonds is 3. The average molecular weight is 411 g/mol. The third kappa shape index (κ3) is 3.34. The van der Waals surface area contributed by atoms with E-state index in [1.54, 1.807) is 30.6 Å². The van der Waals surface area contributed by atoms with Crippen LogP contribution in [0.15, 0.2) is 61.1 Å². The van der Waals surface area contributed by atoms with Crippen molar-refractivity contribution in [2.45, 2.75) is 19.3 Å². The Bertz CT molecular complexity index is 1320. The fourth-order valence-corrected chi connectivity index (χ4v) is 3.97. The molecule has 1 aliphatic rings. The first-order valence-corrected chi connectivity index (χ1v) is 10.0. The van der Waals surface area contributed by atoms with Gasteiger partial charge in [0, 0.05) is 52.6 Å². The fraction of sp³-hybridized carbons (Fsp3) is 0.167. The number of amides is 2. The van der Waals surface area contributed by atoms with Crippen LogP contribution in [0, 0.1) is 0 Å². The van der Waals surface area contributed by atoms with Gasteiger partial charge in [-0.25, -0.2) is 4.98 Å². The number of aromatic amines is 1. The van der Waals surface area contributed by atoms with Gasteiger partial charge >= 0.3 is 0 Å². The third-order valence-electron chi connectivity index (χ3n) is 5.72. The van der Waals surface area contributed by atoms with Crippen molar-refractivity contribution in [1.82, 2.24) is 20.3 Å². The normalized spacial score (nSPS) is 14.7. The minimum absolute atomic E-state index is 0.0314. The molecule has 154 valence electrons. The zero-order valence-corrected chi connectivity index (χ0v) is 17.2.